The molecule has 0 bridgehead atoms. The number of nitrogens with zero attached hydrogens (tertiary/aromatic N) is 2. The van der Waals surface area contributed by atoms with Crippen LogP contribution in [0.2, 0.25) is 0 Å². The van der Waals surface area contributed by atoms with E-state index in [9.17, 15) is 0 Å². The minimum absolute atomic E-state index is 0.124. The molecule has 5 heteroatoms. The van der Waals surface area contributed by atoms with Crippen LogP contribution in [0, 0.1) is 5.92 Å². The summed E-state index contributed by atoms with van der Waals surface area (Å²) in [6.45, 7) is 4.08. The van der Waals surface area contributed by atoms with Crippen LogP contribution in [0.1, 0.15) is 25.7 Å². The molecule has 2 aromatic heterocycles. The molecule has 0 aromatic carbocycles. The third kappa shape index (κ3) is 1.92. The minimum Gasteiger partial charge on any atom is -0.461 e. The molecule has 0 unspecified atom stereocenters. The standard InChI is InChI=1S/C10H14N4O/c1-6(2)8(11)10-12-9(13-14-10)7-4-3-5-15-7/h3-6,8H,11H2,1-2H3,(H,12,13,14)/t8-/m0/s1. The molecule has 2 rings (SSSR count). The van der Waals surface area contributed by atoms with Crippen molar-refractivity contribution in [1.29, 1.82) is 0 Å². The van der Waals surface area contributed by atoms with Gasteiger partial charge in [0, 0.05) is 0 Å². The predicted molar refractivity (Wildman–Crippen MR) is 55.9 cm³/mol. The smallest absolute Gasteiger partial charge is 0.216 e. The zero-order chi connectivity index (χ0) is 10.8. The Balaban J connectivity index is 2.25. The van der Waals surface area contributed by atoms with Crippen LogP contribution in [0.4, 0.5) is 0 Å². The summed E-state index contributed by atoms with van der Waals surface area (Å²) in [4.78, 5) is 4.29. The molecular weight excluding hydrogens is 192 g/mol. The molecule has 15 heavy (non-hydrogen) atoms. The number of nitrogens with two attached hydrogens (primary N) is 1. The van der Waals surface area contributed by atoms with E-state index in [1.807, 2.05) is 19.9 Å². The van der Waals surface area contributed by atoms with E-state index >= 15 is 0 Å². The Hall–Kier alpha value is -1.62. The average Bonchev–Trinajstić information content (AvgIpc) is 2.86. The second-order valence-corrected chi connectivity index (χ2v) is 3.79. The summed E-state index contributed by atoms with van der Waals surface area (Å²) in [5, 5.41) is 6.88. The van der Waals surface area contributed by atoms with Crippen molar-refractivity contribution >= 4 is 0 Å². The summed E-state index contributed by atoms with van der Waals surface area (Å²) >= 11 is 0. The Morgan fingerprint density at radius 1 is 1.47 bits per heavy atom. The predicted octanol–water partition coefficient (Wildman–Crippen LogP) is 1.72. The molecule has 2 heterocycles. The fourth-order valence-electron chi connectivity index (χ4n) is 1.26. The van der Waals surface area contributed by atoms with Gasteiger partial charge in [0.1, 0.15) is 5.82 Å². The highest BCUT2D eigenvalue weighted by Crippen LogP contribution is 2.19. The number of hydrogen-bond donors (Lipinski definition) is 2. The number of rotatable bonds is 3. The third-order valence-corrected chi connectivity index (χ3v) is 2.28. The largest absolute Gasteiger partial charge is 0.461 e. The Morgan fingerprint density at radius 2 is 2.27 bits per heavy atom. The van der Waals surface area contributed by atoms with E-state index in [1.165, 1.54) is 0 Å². The SMILES string of the molecule is CC(C)[C@H](N)c1nc(-c2ccco2)n[nH]1. The molecule has 0 aliphatic heterocycles. The van der Waals surface area contributed by atoms with Gasteiger partial charge < -0.3 is 10.2 Å². The summed E-state index contributed by atoms with van der Waals surface area (Å²) < 4.78 is 5.19. The van der Waals surface area contributed by atoms with Crippen LogP contribution >= 0.6 is 0 Å². The molecule has 0 spiro atoms. The average molecular weight is 206 g/mol. The monoisotopic (exact) mass is 206 g/mol. The van der Waals surface area contributed by atoms with E-state index in [2.05, 4.69) is 15.2 Å². The first-order chi connectivity index (χ1) is 7.18. The van der Waals surface area contributed by atoms with E-state index in [-0.39, 0.29) is 6.04 Å². The molecule has 5 nitrogen and oxygen atoms in total. The maximum Gasteiger partial charge on any atom is 0.216 e. The van der Waals surface area contributed by atoms with Crippen LogP contribution in [-0.2, 0) is 0 Å². The molecule has 80 valence electrons. The van der Waals surface area contributed by atoms with Crippen LogP contribution < -0.4 is 5.73 Å². The van der Waals surface area contributed by atoms with Gasteiger partial charge in [-0.25, -0.2) is 4.98 Å². The Morgan fingerprint density at radius 3 is 2.87 bits per heavy atom. The van der Waals surface area contributed by atoms with Crippen LogP contribution in [0.5, 0.6) is 0 Å². The molecular formula is C10H14N4O. The minimum atomic E-state index is -0.124. The van der Waals surface area contributed by atoms with Gasteiger partial charge in [-0.15, -0.1) is 5.10 Å². The number of nitrogens with one attached hydrogen (secondary N) is 1. The fraction of sp³-hybridized carbons (Fsp3) is 0.400. The highest BCUT2D eigenvalue weighted by molar-refractivity contribution is 5.45. The normalized spacial score (nSPS) is 13.3. The van der Waals surface area contributed by atoms with E-state index < -0.39 is 0 Å². The van der Waals surface area contributed by atoms with Gasteiger partial charge in [0.15, 0.2) is 5.76 Å². The van der Waals surface area contributed by atoms with Gasteiger partial charge in [-0.05, 0) is 18.1 Å². The first-order valence-corrected chi connectivity index (χ1v) is 4.90. The zero-order valence-electron chi connectivity index (χ0n) is 8.77. The van der Waals surface area contributed by atoms with E-state index in [0.717, 1.165) is 0 Å². The number of aromatic nitrogens is 3. The lowest BCUT2D eigenvalue weighted by Gasteiger charge is -2.10. The molecule has 1 atom stereocenters. The highest BCUT2D eigenvalue weighted by Gasteiger charge is 2.16. The number of aromatic amines is 1. The topological polar surface area (TPSA) is 80.7 Å². The number of hydrogen-bond acceptors (Lipinski definition) is 4. The van der Waals surface area contributed by atoms with Crippen LogP contribution in [0.15, 0.2) is 22.8 Å². The molecule has 0 radical (unpaired) electrons. The summed E-state index contributed by atoms with van der Waals surface area (Å²) in [5.41, 5.74) is 5.94. The molecule has 0 aliphatic carbocycles. The van der Waals surface area contributed by atoms with Crippen molar-refractivity contribution in [3.05, 3.63) is 24.2 Å². The molecule has 0 amide bonds. The summed E-state index contributed by atoms with van der Waals surface area (Å²) in [7, 11) is 0. The van der Waals surface area contributed by atoms with Crippen molar-refractivity contribution in [3.63, 3.8) is 0 Å². The van der Waals surface area contributed by atoms with E-state index in [4.69, 9.17) is 10.2 Å². The van der Waals surface area contributed by atoms with Crippen molar-refractivity contribution in [1.82, 2.24) is 15.2 Å². The van der Waals surface area contributed by atoms with Gasteiger partial charge in [0.2, 0.25) is 5.82 Å². The van der Waals surface area contributed by atoms with Crippen LogP contribution in [0.3, 0.4) is 0 Å². The molecule has 0 aliphatic rings. The highest BCUT2D eigenvalue weighted by atomic mass is 16.3. The van der Waals surface area contributed by atoms with Crippen molar-refractivity contribution in [3.8, 4) is 11.6 Å². The number of furan rings is 1. The van der Waals surface area contributed by atoms with Crippen molar-refractivity contribution < 1.29 is 4.42 Å². The van der Waals surface area contributed by atoms with Crippen molar-refractivity contribution in [2.45, 2.75) is 19.9 Å². The van der Waals surface area contributed by atoms with Gasteiger partial charge in [-0.3, -0.25) is 5.10 Å². The van der Waals surface area contributed by atoms with Crippen molar-refractivity contribution in [2.24, 2.45) is 11.7 Å². The third-order valence-electron chi connectivity index (χ3n) is 2.28. The zero-order valence-corrected chi connectivity index (χ0v) is 8.77. The van der Waals surface area contributed by atoms with Gasteiger partial charge in [0.05, 0.1) is 12.3 Å². The maximum absolute atomic E-state index is 5.94. The first kappa shape index (κ1) is 9.92. The second kappa shape index (κ2) is 3.86. The van der Waals surface area contributed by atoms with Gasteiger partial charge >= 0.3 is 0 Å². The number of H-pyrrole nitrogens is 1. The summed E-state index contributed by atoms with van der Waals surface area (Å²) in [6.07, 6.45) is 1.59. The van der Waals surface area contributed by atoms with E-state index in [0.29, 0.717) is 23.3 Å². The lowest BCUT2D eigenvalue weighted by molar-refractivity contribution is 0.491. The molecule has 3 N–H and O–H groups in total. The molecule has 0 saturated heterocycles. The van der Waals surface area contributed by atoms with Gasteiger partial charge in [-0.2, -0.15) is 0 Å². The van der Waals surface area contributed by atoms with E-state index in [1.54, 1.807) is 12.3 Å². The Labute approximate surface area is 87.7 Å². The van der Waals surface area contributed by atoms with Crippen molar-refractivity contribution in [2.75, 3.05) is 0 Å². The first-order valence-electron chi connectivity index (χ1n) is 4.90. The Bertz CT molecular complexity index is 418. The fourth-order valence-corrected chi connectivity index (χ4v) is 1.26. The van der Waals surface area contributed by atoms with Gasteiger partial charge in [0.25, 0.3) is 0 Å². The maximum atomic E-state index is 5.94. The molecule has 0 saturated carbocycles. The van der Waals surface area contributed by atoms with Crippen LogP contribution in [-0.4, -0.2) is 15.2 Å². The summed E-state index contributed by atoms with van der Waals surface area (Å²) in [6, 6.07) is 3.49. The second-order valence-electron chi connectivity index (χ2n) is 3.79. The lowest BCUT2D eigenvalue weighted by atomic mass is 10.1. The molecule has 0 fully saturated rings. The van der Waals surface area contributed by atoms with Crippen LogP contribution in [0.25, 0.3) is 11.6 Å². The summed E-state index contributed by atoms with van der Waals surface area (Å²) in [5.74, 6) is 2.21. The van der Waals surface area contributed by atoms with Gasteiger partial charge in [-0.1, -0.05) is 13.8 Å². The quantitative estimate of drug-likeness (QED) is 0.801. The Kier molecular flexibility index (Phi) is 2.55. The lowest BCUT2D eigenvalue weighted by Crippen LogP contribution is -2.18. The molecule has 2 aromatic rings.